The fraction of sp³-hybridized carbons (Fsp3) is 0.871. The number of ether oxygens (including phenoxy) is 2. The van der Waals surface area contributed by atoms with E-state index in [0.717, 1.165) is 6.54 Å². The van der Waals surface area contributed by atoms with Crippen LogP contribution in [0.15, 0.2) is 0 Å². The highest BCUT2D eigenvalue weighted by atomic mass is 16.5. The van der Waals surface area contributed by atoms with Gasteiger partial charge < -0.3 is 19.7 Å². The molecule has 0 aromatic carbocycles. The predicted octanol–water partition coefficient (Wildman–Crippen LogP) is 0.287. The van der Waals surface area contributed by atoms with Crippen LogP contribution < -0.4 is 11.2 Å². The molecule has 13 heteroatoms. The number of hydrogen-bond acceptors (Lipinski definition) is 11. The summed E-state index contributed by atoms with van der Waals surface area (Å²) in [5, 5.41) is 4.77. The highest BCUT2D eigenvalue weighted by molar-refractivity contribution is 5.81. The first-order chi connectivity index (χ1) is 20.6. The molecular formula is C31H61N7O6. The quantitative estimate of drug-likeness (QED) is 0.126. The summed E-state index contributed by atoms with van der Waals surface area (Å²) < 4.78 is 11.2. The Kier molecular flexibility index (Phi) is 18.2. The Labute approximate surface area is 265 Å². The standard InChI is InChI=1S/C31H61N7O6/c1-9-34(7)22-29(42)44-18-11-26(39)20-35(8)12-13-36(10-2)21-27(40)33-23-31(5,6)25-43-24-30(3,4)19-28(41)37-14-16-38(32)17-15-37/h9-25,32H2,1-8H3,(H,33,40). The van der Waals surface area contributed by atoms with Gasteiger partial charge in [-0.2, -0.15) is 0 Å². The summed E-state index contributed by atoms with van der Waals surface area (Å²) in [5.74, 6) is 5.55. The molecule has 2 amide bonds. The number of hydrogen-bond donors (Lipinski definition) is 2. The molecule has 44 heavy (non-hydrogen) atoms. The topological polar surface area (TPSA) is 141 Å². The van der Waals surface area contributed by atoms with Crippen LogP contribution in [0, 0.1) is 10.8 Å². The minimum absolute atomic E-state index is 0.00921. The molecule has 3 N–H and O–H groups in total. The van der Waals surface area contributed by atoms with E-state index in [-0.39, 0.29) is 67.1 Å². The summed E-state index contributed by atoms with van der Waals surface area (Å²) in [6.07, 6.45) is 0.602. The number of piperazine rings is 1. The van der Waals surface area contributed by atoms with Gasteiger partial charge in [0.15, 0.2) is 0 Å². The van der Waals surface area contributed by atoms with Gasteiger partial charge in [0.25, 0.3) is 0 Å². The van der Waals surface area contributed by atoms with Gasteiger partial charge in [-0.3, -0.25) is 39.7 Å². The van der Waals surface area contributed by atoms with Crippen molar-refractivity contribution in [2.45, 2.75) is 54.4 Å². The Morgan fingerprint density at radius 1 is 0.841 bits per heavy atom. The lowest BCUT2D eigenvalue weighted by Gasteiger charge is -2.35. The molecule has 1 heterocycles. The van der Waals surface area contributed by atoms with Gasteiger partial charge in [-0.1, -0.05) is 41.5 Å². The van der Waals surface area contributed by atoms with E-state index >= 15 is 0 Å². The molecule has 13 nitrogen and oxygen atoms in total. The summed E-state index contributed by atoms with van der Waals surface area (Å²) in [4.78, 5) is 57.1. The second-order valence-electron chi connectivity index (χ2n) is 13.6. The Morgan fingerprint density at radius 2 is 1.48 bits per heavy atom. The zero-order chi connectivity index (χ0) is 33.3. The van der Waals surface area contributed by atoms with Gasteiger partial charge in [-0.05, 0) is 32.6 Å². The lowest BCUT2D eigenvalue weighted by molar-refractivity contribution is -0.145. The minimum Gasteiger partial charge on any atom is -0.464 e. The Balaban J connectivity index is 2.30. The summed E-state index contributed by atoms with van der Waals surface area (Å²) >= 11 is 0. The molecule has 0 bridgehead atoms. The van der Waals surface area contributed by atoms with Crippen molar-refractivity contribution in [1.29, 1.82) is 0 Å². The summed E-state index contributed by atoms with van der Waals surface area (Å²) in [7, 11) is 3.71. The number of amides is 2. The third-order valence-electron chi connectivity index (χ3n) is 7.69. The van der Waals surface area contributed by atoms with Gasteiger partial charge in [-0.15, -0.1) is 0 Å². The van der Waals surface area contributed by atoms with Gasteiger partial charge in [0.2, 0.25) is 11.8 Å². The average molecular weight is 628 g/mol. The average Bonchev–Trinajstić information content (AvgIpc) is 2.93. The van der Waals surface area contributed by atoms with Crippen LogP contribution in [0.25, 0.3) is 0 Å². The van der Waals surface area contributed by atoms with E-state index < -0.39 is 0 Å². The van der Waals surface area contributed by atoms with Gasteiger partial charge >= 0.3 is 5.97 Å². The van der Waals surface area contributed by atoms with Crippen LogP contribution in [-0.2, 0) is 28.7 Å². The number of carbonyl (C=O) groups excluding carboxylic acids is 4. The number of nitrogens with two attached hydrogens (primary N) is 1. The maximum absolute atomic E-state index is 12.7. The van der Waals surface area contributed by atoms with Crippen LogP contribution in [-0.4, -0.2) is 161 Å². The molecule has 1 aliphatic rings. The zero-order valence-corrected chi connectivity index (χ0v) is 28.8. The fourth-order valence-electron chi connectivity index (χ4n) is 4.57. The molecule has 0 saturated carbocycles. The molecule has 1 fully saturated rings. The highest BCUT2D eigenvalue weighted by Gasteiger charge is 2.29. The Hall–Kier alpha value is -2.16. The number of nitrogens with zero attached hydrogens (tertiary/aromatic N) is 5. The van der Waals surface area contributed by atoms with Gasteiger partial charge in [0.1, 0.15) is 5.78 Å². The number of nitrogens with one attached hydrogen (secondary N) is 1. The lowest BCUT2D eigenvalue weighted by atomic mass is 9.89. The molecule has 0 atom stereocenters. The zero-order valence-electron chi connectivity index (χ0n) is 28.8. The summed E-state index contributed by atoms with van der Waals surface area (Å²) in [6, 6.07) is 0. The van der Waals surface area contributed by atoms with Gasteiger partial charge in [0, 0.05) is 64.1 Å². The maximum Gasteiger partial charge on any atom is 0.320 e. The largest absolute Gasteiger partial charge is 0.464 e. The minimum atomic E-state index is -0.325. The van der Waals surface area contributed by atoms with Crippen molar-refractivity contribution in [3.63, 3.8) is 0 Å². The van der Waals surface area contributed by atoms with Crippen molar-refractivity contribution in [3.05, 3.63) is 0 Å². The molecule has 0 unspecified atom stereocenters. The van der Waals surface area contributed by atoms with Crippen molar-refractivity contribution in [1.82, 2.24) is 29.9 Å². The molecule has 1 rings (SSSR count). The van der Waals surface area contributed by atoms with E-state index in [9.17, 15) is 19.2 Å². The highest BCUT2D eigenvalue weighted by Crippen LogP contribution is 2.24. The second-order valence-corrected chi connectivity index (χ2v) is 13.6. The van der Waals surface area contributed by atoms with Crippen LogP contribution in [0.4, 0.5) is 0 Å². The lowest BCUT2D eigenvalue weighted by Crippen LogP contribution is -2.51. The monoisotopic (exact) mass is 627 g/mol. The number of rotatable bonds is 22. The van der Waals surface area contributed by atoms with Crippen LogP contribution >= 0.6 is 0 Å². The third kappa shape index (κ3) is 18.0. The van der Waals surface area contributed by atoms with Gasteiger partial charge in [-0.25, -0.2) is 5.01 Å². The molecular weight excluding hydrogens is 566 g/mol. The molecule has 256 valence electrons. The first-order valence-electron chi connectivity index (χ1n) is 15.9. The maximum atomic E-state index is 12.7. The molecule has 0 radical (unpaired) electrons. The number of esters is 1. The van der Waals surface area contributed by atoms with E-state index in [1.807, 2.05) is 75.2 Å². The number of hydrazine groups is 1. The summed E-state index contributed by atoms with van der Waals surface area (Å²) in [5.41, 5.74) is -0.570. The SMILES string of the molecule is CCN(C)CC(=O)OCCC(=O)CN(C)CCN(CC)CC(=O)NCC(C)(C)COCC(C)(C)CC(=O)N1CCN(N)CC1. The van der Waals surface area contributed by atoms with E-state index in [4.69, 9.17) is 15.3 Å². The molecule has 1 saturated heterocycles. The van der Waals surface area contributed by atoms with Crippen molar-refractivity contribution >= 4 is 23.6 Å². The number of likely N-dealkylation sites (N-methyl/N-ethyl adjacent to an activating group) is 3. The van der Waals surface area contributed by atoms with Crippen LogP contribution in [0.1, 0.15) is 54.4 Å². The van der Waals surface area contributed by atoms with Crippen LogP contribution in [0.2, 0.25) is 0 Å². The van der Waals surface area contributed by atoms with Crippen LogP contribution in [0.5, 0.6) is 0 Å². The number of Topliss-reactive ketones (excluding diaryl/α,β-unsaturated/α-hetero) is 1. The normalized spacial score (nSPS) is 14.9. The smallest absolute Gasteiger partial charge is 0.320 e. The van der Waals surface area contributed by atoms with Crippen molar-refractivity contribution in [3.8, 4) is 0 Å². The Bertz CT molecular complexity index is 893. The second kappa shape index (κ2) is 20.1. The van der Waals surface area contributed by atoms with E-state index in [2.05, 4.69) is 5.32 Å². The van der Waals surface area contributed by atoms with Crippen molar-refractivity contribution < 1.29 is 28.7 Å². The third-order valence-corrected chi connectivity index (χ3v) is 7.69. The molecule has 0 aromatic heterocycles. The molecule has 0 aliphatic carbocycles. The number of ketones is 1. The first kappa shape index (κ1) is 39.9. The molecule has 0 spiro atoms. The van der Waals surface area contributed by atoms with E-state index in [1.165, 1.54) is 0 Å². The molecule has 1 aliphatic heterocycles. The fourth-order valence-corrected chi connectivity index (χ4v) is 4.57. The van der Waals surface area contributed by atoms with Crippen LogP contribution in [0.3, 0.4) is 0 Å². The Morgan fingerprint density at radius 3 is 2.09 bits per heavy atom. The summed E-state index contributed by atoms with van der Waals surface area (Å²) in [6.45, 7) is 19.8. The van der Waals surface area contributed by atoms with E-state index in [1.54, 1.807) is 5.01 Å². The number of carbonyl (C=O) groups is 4. The van der Waals surface area contributed by atoms with Crippen molar-refractivity contribution in [2.75, 3.05) is 112 Å². The van der Waals surface area contributed by atoms with Gasteiger partial charge in [0.05, 0.1) is 39.5 Å². The predicted molar refractivity (Wildman–Crippen MR) is 172 cm³/mol. The first-order valence-corrected chi connectivity index (χ1v) is 15.9. The van der Waals surface area contributed by atoms with Crippen molar-refractivity contribution in [2.24, 2.45) is 16.7 Å². The van der Waals surface area contributed by atoms with E-state index in [0.29, 0.717) is 72.0 Å². The molecule has 0 aromatic rings.